The van der Waals surface area contributed by atoms with Gasteiger partial charge in [0.15, 0.2) is 11.5 Å². The summed E-state index contributed by atoms with van der Waals surface area (Å²) < 4.78 is 68.4. The summed E-state index contributed by atoms with van der Waals surface area (Å²) in [6.45, 7) is 0. The highest BCUT2D eigenvalue weighted by Crippen LogP contribution is 2.47. The highest BCUT2D eigenvalue weighted by molar-refractivity contribution is 7.86. The topological polar surface area (TPSA) is 251 Å². The molecule has 0 amide bonds. The van der Waals surface area contributed by atoms with E-state index >= 15 is 0 Å². The third-order valence-corrected chi connectivity index (χ3v) is 10.5. The summed E-state index contributed by atoms with van der Waals surface area (Å²) in [5.41, 5.74) is 11.4. The Morgan fingerprint density at radius 1 is 0.481 bits per heavy atom. The van der Waals surface area contributed by atoms with E-state index in [0.29, 0.717) is 11.1 Å². The molecule has 0 saturated carbocycles. The standard InChI is InChI=1S/C32H20Cl4N6O8S2/c33-21-6-14(7-22(34)27(21)39-41-29-26(52(48,49)50)11-16-5-17(37)3-4-19(16)31(29)43)15-8-23(35)28(24(36)9-15)40-42-30-25(51(45,46)47)10-13-1-2-18(38)12-20(13)32(30)44/h1-12,43-44H,37-38H2,(H,45,46,47)(H,48,49,50)/b41-39+,42-40+. The van der Waals surface area contributed by atoms with Crippen molar-refractivity contribution in [1.29, 1.82) is 0 Å². The highest BCUT2D eigenvalue weighted by atomic mass is 35.5. The number of rotatable bonds is 7. The molecule has 0 unspecified atom stereocenters. The smallest absolute Gasteiger partial charge is 0.296 e. The Hall–Kier alpha value is -4.78. The van der Waals surface area contributed by atoms with Gasteiger partial charge >= 0.3 is 0 Å². The quantitative estimate of drug-likeness (QED) is 0.0505. The molecule has 0 atom stereocenters. The molecule has 8 N–H and O–H groups in total. The van der Waals surface area contributed by atoms with Gasteiger partial charge in [-0.1, -0.05) is 52.5 Å². The fourth-order valence-corrected chi connectivity index (χ4v) is 7.61. The van der Waals surface area contributed by atoms with Gasteiger partial charge in [0.25, 0.3) is 20.2 Å². The number of phenolic OH excluding ortho intramolecular Hbond substituents is 2. The first-order valence-corrected chi connectivity index (χ1v) is 18.6. The fraction of sp³-hybridized carbons (Fsp3) is 0. The first kappa shape index (κ1) is 37.0. The second-order valence-electron chi connectivity index (χ2n) is 11.0. The molecule has 0 radical (unpaired) electrons. The van der Waals surface area contributed by atoms with E-state index in [1.807, 2.05) is 0 Å². The van der Waals surface area contributed by atoms with Crippen molar-refractivity contribution in [2.75, 3.05) is 11.5 Å². The van der Waals surface area contributed by atoms with Crippen LogP contribution in [0.25, 0.3) is 32.7 Å². The first-order valence-electron chi connectivity index (χ1n) is 14.2. The van der Waals surface area contributed by atoms with E-state index in [-0.39, 0.29) is 64.4 Å². The molecular formula is C32H20Cl4N6O8S2. The van der Waals surface area contributed by atoms with Gasteiger partial charge in [0.1, 0.15) is 32.5 Å². The molecule has 14 nitrogen and oxygen atoms in total. The number of phenols is 2. The lowest BCUT2D eigenvalue weighted by Crippen LogP contribution is -1.99. The van der Waals surface area contributed by atoms with Gasteiger partial charge in [0, 0.05) is 22.1 Å². The third kappa shape index (κ3) is 7.15. The molecule has 52 heavy (non-hydrogen) atoms. The SMILES string of the molecule is Nc1ccc2c(O)c(/N=N/c3c(Cl)cc(-c4cc(Cl)c(/N=N/c5c(S(=O)(=O)O)cc6ccc(N)cc6c5O)c(Cl)c4)cc3Cl)c(S(=O)(=O)O)cc2c1. The van der Waals surface area contributed by atoms with Gasteiger partial charge in [0.2, 0.25) is 0 Å². The average Bonchev–Trinajstić information content (AvgIpc) is 3.04. The Labute approximate surface area is 314 Å². The van der Waals surface area contributed by atoms with Crippen LogP contribution in [0, 0.1) is 0 Å². The van der Waals surface area contributed by atoms with E-state index in [1.54, 1.807) is 0 Å². The van der Waals surface area contributed by atoms with Crippen molar-refractivity contribution in [1.82, 2.24) is 0 Å². The van der Waals surface area contributed by atoms with Crippen LogP contribution in [0.4, 0.5) is 34.1 Å². The zero-order valence-corrected chi connectivity index (χ0v) is 30.3. The van der Waals surface area contributed by atoms with Crippen molar-refractivity contribution in [3.8, 4) is 22.6 Å². The van der Waals surface area contributed by atoms with Gasteiger partial charge in [-0.05, 0) is 88.6 Å². The van der Waals surface area contributed by atoms with E-state index in [4.69, 9.17) is 57.9 Å². The van der Waals surface area contributed by atoms with E-state index in [2.05, 4.69) is 20.5 Å². The van der Waals surface area contributed by atoms with Crippen molar-refractivity contribution in [3.05, 3.63) is 92.9 Å². The molecule has 0 fully saturated rings. The summed E-state index contributed by atoms with van der Waals surface area (Å²) in [5, 5.41) is 37.9. The second-order valence-corrected chi connectivity index (χ2v) is 15.4. The molecule has 0 bridgehead atoms. The van der Waals surface area contributed by atoms with Crippen LogP contribution in [0.15, 0.2) is 103 Å². The number of nitrogens with zero attached hydrogens (tertiary/aromatic N) is 4. The molecule has 0 aromatic heterocycles. The maximum absolute atomic E-state index is 12.2. The van der Waals surface area contributed by atoms with E-state index < -0.39 is 52.9 Å². The molecule has 20 heteroatoms. The number of benzene rings is 6. The summed E-state index contributed by atoms with van der Waals surface area (Å²) in [6, 6.07) is 16.4. The van der Waals surface area contributed by atoms with Gasteiger partial charge in [0.05, 0.1) is 20.1 Å². The molecular weight excluding hydrogens is 802 g/mol. The first-order chi connectivity index (χ1) is 24.3. The van der Waals surface area contributed by atoms with Crippen molar-refractivity contribution >= 4 is 122 Å². The number of nitrogens with two attached hydrogens (primary N) is 2. The average molecular weight is 822 g/mol. The summed E-state index contributed by atoms with van der Waals surface area (Å²) in [5.74, 6) is -1.23. The van der Waals surface area contributed by atoms with Crippen LogP contribution >= 0.6 is 46.4 Å². The van der Waals surface area contributed by atoms with E-state index in [1.165, 1.54) is 60.7 Å². The van der Waals surface area contributed by atoms with Crippen LogP contribution in [-0.4, -0.2) is 36.2 Å². The maximum Gasteiger partial charge on any atom is 0.296 e. The van der Waals surface area contributed by atoms with Crippen molar-refractivity contribution in [3.63, 3.8) is 0 Å². The molecule has 6 aromatic carbocycles. The number of azo groups is 2. The van der Waals surface area contributed by atoms with Gasteiger partial charge in [-0.3, -0.25) is 9.11 Å². The Kier molecular flexibility index (Phi) is 9.71. The van der Waals surface area contributed by atoms with Gasteiger partial charge < -0.3 is 21.7 Å². The van der Waals surface area contributed by atoms with E-state index in [9.17, 15) is 36.2 Å². The summed E-state index contributed by atoms with van der Waals surface area (Å²) in [4.78, 5) is -1.47. The normalized spacial score (nSPS) is 12.5. The summed E-state index contributed by atoms with van der Waals surface area (Å²) >= 11 is 26.0. The molecule has 6 aromatic rings. The van der Waals surface area contributed by atoms with Gasteiger partial charge in [-0.2, -0.15) is 16.8 Å². The Balaban J connectivity index is 1.37. The van der Waals surface area contributed by atoms with Crippen LogP contribution in [0.3, 0.4) is 0 Å². The zero-order chi connectivity index (χ0) is 37.9. The van der Waals surface area contributed by atoms with Crippen LogP contribution in [-0.2, 0) is 20.2 Å². The van der Waals surface area contributed by atoms with Crippen LogP contribution in [0.2, 0.25) is 20.1 Å². The summed E-state index contributed by atoms with van der Waals surface area (Å²) in [6.07, 6.45) is 0. The number of hydrogen-bond donors (Lipinski definition) is 6. The molecule has 0 spiro atoms. The monoisotopic (exact) mass is 820 g/mol. The van der Waals surface area contributed by atoms with Crippen molar-refractivity contribution in [2.24, 2.45) is 20.5 Å². The number of anilines is 2. The zero-order valence-electron chi connectivity index (χ0n) is 25.6. The van der Waals surface area contributed by atoms with Crippen LogP contribution < -0.4 is 11.5 Å². The van der Waals surface area contributed by atoms with Crippen LogP contribution in [0.1, 0.15) is 0 Å². The lowest BCUT2D eigenvalue weighted by Gasteiger charge is -2.11. The molecule has 0 aliphatic heterocycles. The summed E-state index contributed by atoms with van der Waals surface area (Å²) in [7, 11) is -9.78. The molecule has 0 aliphatic carbocycles. The highest BCUT2D eigenvalue weighted by Gasteiger charge is 2.24. The molecule has 6 rings (SSSR count). The Bertz CT molecular complexity index is 2760. The fourth-order valence-electron chi connectivity index (χ4n) is 5.17. The number of aromatic hydroxyl groups is 2. The largest absolute Gasteiger partial charge is 0.505 e. The number of hydrogen-bond acceptors (Lipinski definition) is 12. The lowest BCUT2D eigenvalue weighted by molar-refractivity contribution is 0.472. The van der Waals surface area contributed by atoms with Crippen molar-refractivity contribution in [2.45, 2.75) is 9.79 Å². The minimum Gasteiger partial charge on any atom is -0.505 e. The molecule has 0 heterocycles. The molecule has 0 saturated heterocycles. The van der Waals surface area contributed by atoms with Gasteiger partial charge in [-0.15, -0.1) is 20.5 Å². The predicted octanol–water partition coefficient (Wildman–Crippen LogP) is 10.2. The van der Waals surface area contributed by atoms with Crippen LogP contribution in [0.5, 0.6) is 11.5 Å². The van der Waals surface area contributed by atoms with E-state index in [0.717, 1.165) is 12.1 Å². The lowest BCUT2D eigenvalue weighted by atomic mass is 10.0. The minimum absolute atomic E-state index is 0.0751. The van der Waals surface area contributed by atoms with Crippen molar-refractivity contribution < 1.29 is 36.2 Å². The number of halogens is 4. The molecule has 0 aliphatic rings. The third-order valence-electron chi connectivity index (χ3n) is 7.57. The molecule has 266 valence electrons. The second kappa shape index (κ2) is 13.6. The number of fused-ring (bicyclic) bond motifs is 2. The maximum atomic E-state index is 12.2. The van der Waals surface area contributed by atoms with Gasteiger partial charge in [-0.25, -0.2) is 0 Å². The Morgan fingerprint density at radius 3 is 1.33 bits per heavy atom. The number of nitrogen functional groups attached to an aromatic ring is 2. The predicted molar refractivity (Wildman–Crippen MR) is 200 cm³/mol. The Morgan fingerprint density at radius 2 is 0.865 bits per heavy atom. The minimum atomic E-state index is -4.90.